The molecule has 0 aromatic rings. The molecule has 106 valence electrons. The van der Waals surface area contributed by atoms with E-state index in [9.17, 15) is 14.7 Å². The number of carbonyl (C=O) groups excluding carboxylic acids is 1. The fourth-order valence-corrected chi connectivity index (χ4v) is 2.78. The van der Waals surface area contributed by atoms with Gasteiger partial charge in [0.2, 0.25) is 0 Å². The summed E-state index contributed by atoms with van der Waals surface area (Å²) in [5.41, 5.74) is -0.690. The van der Waals surface area contributed by atoms with E-state index in [-0.39, 0.29) is 12.6 Å². The first-order valence-corrected chi connectivity index (χ1v) is 7.39. The lowest BCUT2D eigenvalue weighted by atomic mass is 9.69. The number of hydrogen-bond acceptors (Lipinski definition) is 2. The molecule has 5 heteroatoms. The van der Waals surface area contributed by atoms with E-state index in [2.05, 4.69) is 5.32 Å². The van der Waals surface area contributed by atoms with Gasteiger partial charge in [0.25, 0.3) is 0 Å². The quantitative estimate of drug-likeness (QED) is 0.770. The number of hydrogen-bond donors (Lipinski definition) is 2. The SMILES string of the molecule is O=C(NCC1(C(=O)O)CCC1)N(CC1CC1)C1CC1. The minimum atomic E-state index is -0.765. The van der Waals surface area contributed by atoms with Gasteiger partial charge >= 0.3 is 12.0 Å². The molecule has 0 saturated heterocycles. The van der Waals surface area contributed by atoms with Crippen LogP contribution in [0.5, 0.6) is 0 Å². The van der Waals surface area contributed by atoms with Crippen LogP contribution in [0.3, 0.4) is 0 Å². The molecule has 0 aromatic carbocycles. The molecule has 3 fully saturated rings. The van der Waals surface area contributed by atoms with Crippen LogP contribution in [-0.4, -0.2) is 41.1 Å². The normalized spacial score (nSPS) is 24.4. The fraction of sp³-hybridized carbons (Fsp3) is 0.857. The van der Waals surface area contributed by atoms with Gasteiger partial charge in [0.15, 0.2) is 0 Å². The van der Waals surface area contributed by atoms with E-state index in [0.29, 0.717) is 24.8 Å². The number of nitrogens with zero attached hydrogens (tertiary/aromatic N) is 1. The molecule has 0 aliphatic heterocycles. The van der Waals surface area contributed by atoms with Crippen molar-refractivity contribution in [1.82, 2.24) is 10.2 Å². The Hall–Kier alpha value is -1.26. The van der Waals surface area contributed by atoms with E-state index < -0.39 is 11.4 Å². The fourth-order valence-electron chi connectivity index (χ4n) is 2.78. The second-order valence-corrected chi connectivity index (χ2v) is 6.42. The van der Waals surface area contributed by atoms with Crippen molar-refractivity contribution in [3.8, 4) is 0 Å². The highest BCUT2D eigenvalue weighted by atomic mass is 16.4. The molecule has 0 aromatic heterocycles. The molecule has 19 heavy (non-hydrogen) atoms. The summed E-state index contributed by atoms with van der Waals surface area (Å²) in [6.45, 7) is 1.14. The summed E-state index contributed by atoms with van der Waals surface area (Å²) in [5, 5.41) is 12.1. The highest BCUT2D eigenvalue weighted by Crippen LogP contribution is 2.41. The molecule has 2 N–H and O–H groups in total. The van der Waals surface area contributed by atoms with E-state index in [1.165, 1.54) is 12.8 Å². The molecular formula is C14H22N2O3. The Morgan fingerprint density at radius 2 is 1.89 bits per heavy atom. The molecule has 0 bridgehead atoms. The highest BCUT2D eigenvalue weighted by molar-refractivity contribution is 5.79. The predicted octanol–water partition coefficient (Wildman–Crippen LogP) is 1.83. The molecule has 0 heterocycles. The van der Waals surface area contributed by atoms with Gasteiger partial charge in [0.1, 0.15) is 0 Å². The van der Waals surface area contributed by atoms with Gasteiger partial charge in [-0.05, 0) is 44.4 Å². The molecule has 3 aliphatic rings. The van der Waals surface area contributed by atoms with Crippen molar-refractivity contribution in [3.63, 3.8) is 0 Å². The predicted molar refractivity (Wildman–Crippen MR) is 69.8 cm³/mol. The molecule has 5 nitrogen and oxygen atoms in total. The zero-order valence-electron chi connectivity index (χ0n) is 11.2. The van der Waals surface area contributed by atoms with E-state index in [1.54, 1.807) is 0 Å². The summed E-state index contributed by atoms with van der Waals surface area (Å²) in [6, 6.07) is 0.352. The maximum absolute atomic E-state index is 12.2. The molecule has 3 rings (SSSR count). The van der Waals surface area contributed by atoms with Crippen LogP contribution in [0.2, 0.25) is 0 Å². The second-order valence-electron chi connectivity index (χ2n) is 6.42. The molecule has 2 amide bonds. The van der Waals surface area contributed by atoms with Crippen LogP contribution in [0.1, 0.15) is 44.9 Å². The lowest BCUT2D eigenvalue weighted by Crippen LogP contribution is -2.51. The third kappa shape index (κ3) is 2.69. The van der Waals surface area contributed by atoms with Crippen LogP contribution < -0.4 is 5.32 Å². The number of aliphatic carboxylic acids is 1. The molecular weight excluding hydrogens is 244 g/mol. The van der Waals surface area contributed by atoms with Gasteiger partial charge in [-0.2, -0.15) is 0 Å². The van der Waals surface area contributed by atoms with Crippen LogP contribution >= 0.6 is 0 Å². The summed E-state index contributed by atoms with van der Waals surface area (Å²) in [6.07, 6.45) is 7.00. The van der Waals surface area contributed by atoms with Crippen LogP contribution in [0, 0.1) is 11.3 Å². The van der Waals surface area contributed by atoms with E-state index in [0.717, 1.165) is 25.8 Å². The minimum Gasteiger partial charge on any atom is -0.481 e. The van der Waals surface area contributed by atoms with E-state index >= 15 is 0 Å². The Morgan fingerprint density at radius 1 is 1.21 bits per heavy atom. The summed E-state index contributed by atoms with van der Waals surface area (Å²) >= 11 is 0. The average molecular weight is 266 g/mol. The van der Waals surface area contributed by atoms with Gasteiger partial charge in [0.05, 0.1) is 5.41 Å². The first-order chi connectivity index (χ1) is 9.11. The van der Waals surface area contributed by atoms with Crippen molar-refractivity contribution < 1.29 is 14.7 Å². The van der Waals surface area contributed by atoms with Crippen molar-refractivity contribution in [3.05, 3.63) is 0 Å². The third-order valence-corrected chi connectivity index (χ3v) is 4.74. The molecule has 0 unspecified atom stereocenters. The van der Waals surface area contributed by atoms with Gasteiger partial charge in [-0.1, -0.05) is 6.42 Å². The Kier molecular flexibility index (Phi) is 3.15. The van der Waals surface area contributed by atoms with Crippen molar-refractivity contribution in [2.45, 2.75) is 51.0 Å². The molecule has 0 spiro atoms. The van der Waals surface area contributed by atoms with Crippen LogP contribution in [-0.2, 0) is 4.79 Å². The third-order valence-electron chi connectivity index (χ3n) is 4.74. The van der Waals surface area contributed by atoms with Crippen LogP contribution in [0.25, 0.3) is 0 Å². The highest BCUT2D eigenvalue weighted by Gasteiger charge is 2.45. The number of carboxylic acids is 1. The maximum atomic E-state index is 12.2. The largest absolute Gasteiger partial charge is 0.481 e. The monoisotopic (exact) mass is 266 g/mol. The van der Waals surface area contributed by atoms with Gasteiger partial charge in [-0.15, -0.1) is 0 Å². The number of rotatable bonds is 6. The minimum absolute atomic E-state index is 0.0538. The van der Waals surface area contributed by atoms with Crippen molar-refractivity contribution in [2.75, 3.05) is 13.1 Å². The topological polar surface area (TPSA) is 69.6 Å². The van der Waals surface area contributed by atoms with Crippen molar-refractivity contribution in [2.24, 2.45) is 11.3 Å². The summed E-state index contributed by atoms with van der Waals surface area (Å²) in [4.78, 5) is 25.4. The summed E-state index contributed by atoms with van der Waals surface area (Å²) in [7, 11) is 0. The number of nitrogens with one attached hydrogen (secondary N) is 1. The van der Waals surface area contributed by atoms with Gasteiger partial charge < -0.3 is 15.3 Å². The zero-order chi connectivity index (χ0) is 13.5. The smallest absolute Gasteiger partial charge is 0.317 e. The lowest BCUT2D eigenvalue weighted by Gasteiger charge is -2.38. The van der Waals surface area contributed by atoms with E-state index in [4.69, 9.17) is 0 Å². The van der Waals surface area contributed by atoms with Gasteiger partial charge in [-0.3, -0.25) is 4.79 Å². The van der Waals surface area contributed by atoms with Gasteiger partial charge in [-0.25, -0.2) is 4.79 Å². The Bertz CT molecular complexity index is 384. The number of carboxylic acid groups (broad SMARTS) is 1. The Labute approximate surface area is 113 Å². The average Bonchev–Trinajstić information content (AvgIpc) is 3.16. The summed E-state index contributed by atoms with van der Waals surface area (Å²) < 4.78 is 0. The number of carbonyl (C=O) groups is 2. The second kappa shape index (κ2) is 4.69. The Balaban J connectivity index is 1.52. The van der Waals surface area contributed by atoms with Crippen molar-refractivity contribution in [1.29, 1.82) is 0 Å². The Morgan fingerprint density at radius 3 is 2.32 bits per heavy atom. The number of urea groups is 1. The number of amides is 2. The molecule has 3 aliphatic carbocycles. The molecule has 0 radical (unpaired) electrons. The van der Waals surface area contributed by atoms with Crippen LogP contribution in [0.15, 0.2) is 0 Å². The van der Waals surface area contributed by atoms with Gasteiger partial charge in [0, 0.05) is 19.1 Å². The lowest BCUT2D eigenvalue weighted by molar-refractivity contribution is -0.153. The van der Waals surface area contributed by atoms with Crippen molar-refractivity contribution >= 4 is 12.0 Å². The van der Waals surface area contributed by atoms with E-state index in [1.807, 2.05) is 4.90 Å². The first kappa shape index (κ1) is 12.8. The summed E-state index contributed by atoms with van der Waals surface area (Å²) in [5.74, 6) is -0.0808. The first-order valence-electron chi connectivity index (χ1n) is 7.39. The van der Waals surface area contributed by atoms with Crippen LogP contribution in [0.4, 0.5) is 4.79 Å². The molecule has 3 saturated carbocycles. The zero-order valence-corrected chi connectivity index (χ0v) is 11.2. The maximum Gasteiger partial charge on any atom is 0.317 e. The molecule has 0 atom stereocenters. The standard InChI is InChI=1S/C14H22N2O3/c17-12(18)14(6-1-7-14)9-15-13(19)16(11-4-5-11)8-10-2-3-10/h10-11H,1-9H2,(H,15,19)(H,17,18).